The van der Waals surface area contributed by atoms with Gasteiger partial charge in [-0.25, -0.2) is 10.8 Å². The van der Waals surface area contributed by atoms with Gasteiger partial charge >= 0.3 is 0 Å². The molecule has 0 aliphatic heterocycles. The van der Waals surface area contributed by atoms with Crippen molar-refractivity contribution in [3.8, 4) is 0 Å². The largest absolute Gasteiger partial charge is 0.383 e. The number of nitrogens with one attached hydrogen (secondary N) is 2. The van der Waals surface area contributed by atoms with Gasteiger partial charge in [0.15, 0.2) is 0 Å². The number of hydrazine groups is 1. The molecule has 1 aromatic heterocycles. The van der Waals surface area contributed by atoms with Crippen molar-refractivity contribution in [2.75, 3.05) is 26.8 Å². The average molecular weight is 242 g/mol. The van der Waals surface area contributed by atoms with E-state index in [1.807, 2.05) is 0 Å². The summed E-state index contributed by atoms with van der Waals surface area (Å²) in [6.45, 7) is 2.01. The van der Waals surface area contributed by atoms with Gasteiger partial charge < -0.3 is 10.1 Å². The Bertz CT molecular complexity index is 300. The van der Waals surface area contributed by atoms with Crippen molar-refractivity contribution in [2.24, 2.45) is 10.8 Å². The van der Waals surface area contributed by atoms with E-state index in [9.17, 15) is 0 Å². The molecule has 4 N–H and O–H groups in total. The first-order chi connectivity index (χ1) is 7.86. The third-order valence-electron chi connectivity index (χ3n) is 1.95. The average Bonchev–Trinajstić information content (AvgIpc) is 2.80. The maximum Gasteiger partial charge on any atom is 0.205 e. The number of nitrogens with two attached hydrogens (primary N) is 1. The fourth-order valence-electron chi connectivity index (χ4n) is 1.16. The summed E-state index contributed by atoms with van der Waals surface area (Å²) in [5.41, 5.74) is 2.53. The van der Waals surface area contributed by atoms with Crippen LogP contribution in [0.2, 0.25) is 0 Å². The van der Waals surface area contributed by atoms with Gasteiger partial charge in [-0.3, -0.25) is 5.43 Å². The highest BCUT2D eigenvalue weighted by molar-refractivity contribution is 7.09. The number of rotatable bonds is 6. The molecule has 16 heavy (non-hydrogen) atoms. The predicted molar refractivity (Wildman–Crippen MR) is 67.5 cm³/mol. The van der Waals surface area contributed by atoms with Crippen molar-refractivity contribution in [1.29, 1.82) is 0 Å². The molecule has 0 bridgehead atoms. The van der Waals surface area contributed by atoms with Crippen molar-refractivity contribution in [3.05, 3.63) is 22.4 Å². The summed E-state index contributed by atoms with van der Waals surface area (Å²) in [6, 6.07) is 4.17. The number of guanidine groups is 1. The Labute approximate surface area is 99.7 Å². The van der Waals surface area contributed by atoms with Gasteiger partial charge in [0.2, 0.25) is 5.96 Å². The lowest BCUT2D eigenvalue weighted by Gasteiger charge is -2.08. The minimum atomic E-state index is 0.595. The van der Waals surface area contributed by atoms with Crippen LogP contribution in [0, 0.1) is 0 Å². The van der Waals surface area contributed by atoms with Crippen LogP contribution in [0.15, 0.2) is 22.5 Å². The predicted octanol–water partition coefficient (Wildman–Crippen LogP) is 0.346. The van der Waals surface area contributed by atoms with E-state index in [0.29, 0.717) is 19.1 Å². The van der Waals surface area contributed by atoms with E-state index in [1.165, 1.54) is 4.88 Å². The van der Waals surface area contributed by atoms with Gasteiger partial charge in [0.1, 0.15) is 0 Å². The second-order valence-corrected chi connectivity index (χ2v) is 4.16. The monoisotopic (exact) mass is 242 g/mol. The molecular formula is C10H18N4OS. The number of aliphatic imine (C=N–C) groups is 1. The Balaban J connectivity index is 2.20. The SMILES string of the molecule is COCCN=C(NN)NCCc1cccs1. The molecule has 0 aliphatic carbocycles. The van der Waals surface area contributed by atoms with E-state index in [-0.39, 0.29) is 0 Å². The zero-order valence-electron chi connectivity index (χ0n) is 9.40. The molecule has 0 amide bonds. The molecule has 0 radical (unpaired) electrons. The molecule has 0 atom stereocenters. The highest BCUT2D eigenvalue weighted by atomic mass is 32.1. The van der Waals surface area contributed by atoms with E-state index >= 15 is 0 Å². The van der Waals surface area contributed by atoms with Crippen LogP contribution in [0.3, 0.4) is 0 Å². The molecule has 0 saturated carbocycles. The number of nitrogens with zero attached hydrogens (tertiary/aromatic N) is 1. The molecular weight excluding hydrogens is 224 g/mol. The van der Waals surface area contributed by atoms with E-state index in [1.54, 1.807) is 18.4 Å². The fraction of sp³-hybridized carbons (Fsp3) is 0.500. The molecule has 0 aliphatic rings. The summed E-state index contributed by atoms with van der Waals surface area (Å²) in [7, 11) is 1.65. The normalized spacial score (nSPS) is 11.5. The van der Waals surface area contributed by atoms with E-state index in [4.69, 9.17) is 10.6 Å². The van der Waals surface area contributed by atoms with E-state index < -0.39 is 0 Å². The number of thiophene rings is 1. The first kappa shape index (κ1) is 13.0. The Morgan fingerprint density at radius 3 is 3.12 bits per heavy atom. The van der Waals surface area contributed by atoms with Gasteiger partial charge in [-0.2, -0.15) is 0 Å². The van der Waals surface area contributed by atoms with E-state index in [0.717, 1.165) is 13.0 Å². The third kappa shape index (κ3) is 5.11. The van der Waals surface area contributed by atoms with Crippen molar-refractivity contribution in [1.82, 2.24) is 10.7 Å². The van der Waals surface area contributed by atoms with E-state index in [2.05, 4.69) is 33.2 Å². The molecule has 0 fully saturated rings. The molecule has 1 rings (SSSR count). The maximum atomic E-state index is 5.33. The molecule has 0 spiro atoms. The Hall–Kier alpha value is -1.11. The minimum absolute atomic E-state index is 0.595. The molecule has 1 aromatic rings. The maximum absolute atomic E-state index is 5.33. The zero-order valence-corrected chi connectivity index (χ0v) is 10.2. The Morgan fingerprint density at radius 1 is 1.62 bits per heavy atom. The van der Waals surface area contributed by atoms with Gasteiger partial charge in [-0.05, 0) is 17.9 Å². The van der Waals surface area contributed by atoms with Gasteiger partial charge in [0, 0.05) is 18.5 Å². The van der Waals surface area contributed by atoms with Crippen molar-refractivity contribution < 1.29 is 4.74 Å². The number of ether oxygens (including phenoxy) is 1. The molecule has 90 valence electrons. The summed E-state index contributed by atoms with van der Waals surface area (Å²) >= 11 is 1.75. The van der Waals surface area contributed by atoms with Crippen LogP contribution in [-0.2, 0) is 11.2 Å². The van der Waals surface area contributed by atoms with Gasteiger partial charge in [0.25, 0.3) is 0 Å². The summed E-state index contributed by atoms with van der Waals surface area (Å²) < 4.78 is 4.90. The third-order valence-corrected chi connectivity index (χ3v) is 2.88. The highest BCUT2D eigenvalue weighted by Gasteiger charge is 1.96. The zero-order chi connectivity index (χ0) is 11.6. The Morgan fingerprint density at radius 2 is 2.50 bits per heavy atom. The fourth-order valence-corrected chi connectivity index (χ4v) is 1.87. The lowest BCUT2D eigenvalue weighted by Crippen LogP contribution is -2.42. The molecule has 5 nitrogen and oxygen atoms in total. The lowest BCUT2D eigenvalue weighted by molar-refractivity contribution is 0.208. The van der Waals surface area contributed by atoms with Crippen molar-refractivity contribution in [3.63, 3.8) is 0 Å². The van der Waals surface area contributed by atoms with Crippen LogP contribution in [-0.4, -0.2) is 32.8 Å². The highest BCUT2D eigenvalue weighted by Crippen LogP contribution is 2.07. The standard InChI is InChI=1S/C10H18N4OS/c1-15-7-6-13-10(14-11)12-5-4-9-3-2-8-16-9/h2-3,8H,4-7,11H2,1H3,(H2,12,13,14). The quantitative estimate of drug-likeness (QED) is 0.221. The summed E-state index contributed by atoms with van der Waals surface area (Å²) in [6.07, 6.45) is 0.975. The first-order valence-electron chi connectivity index (χ1n) is 5.13. The molecule has 0 unspecified atom stereocenters. The van der Waals surface area contributed by atoms with Crippen LogP contribution in [0.1, 0.15) is 4.88 Å². The molecule has 1 heterocycles. The smallest absolute Gasteiger partial charge is 0.205 e. The molecule has 6 heteroatoms. The topological polar surface area (TPSA) is 71.7 Å². The second-order valence-electron chi connectivity index (χ2n) is 3.12. The van der Waals surface area contributed by atoms with Gasteiger partial charge in [-0.15, -0.1) is 11.3 Å². The Kier molecular flexibility index (Phi) is 6.55. The van der Waals surface area contributed by atoms with Crippen LogP contribution >= 0.6 is 11.3 Å². The van der Waals surface area contributed by atoms with Gasteiger partial charge in [-0.1, -0.05) is 6.07 Å². The summed E-state index contributed by atoms with van der Waals surface area (Å²) in [5, 5.41) is 5.21. The van der Waals surface area contributed by atoms with Crippen molar-refractivity contribution >= 4 is 17.3 Å². The minimum Gasteiger partial charge on any atom is -0.383 e. The summed E-state index contributed by atoms with van der Waals surface area (Å²) in [5.74, 6) is 5.94. The van der Waals surface area contributed by atoms with Crippen LogP contribution in [0.25, 0.3) is 0 Å². The number of hydrogen-bond donors (Lipinski definition) is 3. The number of hydrogen-bond acceptors (Lipinski definition) is 4. The van der Waals surface area contributed by atoms with Gasteiger partial charge in [0.05, 0.1) is 13.2 Å². The van der Waals surface area contributed by atoms with Crippen LogP contribution < -0.4 is 16.6 Å². The van der Waals surface area contributed by atoms with Crippen molar-refractivity contribution in [2.45, 2.75) is 6.42 Å². The molecule has 0 saturated heterocycles. The summed E-state index contributed by atoms with van der Waals surface area (Å²) in [4.78, 5) is 5.55. The number of methoxy groups -OCH3 is 1. The van der Waals surface area contributed by atoms with Crippen LogP contribution in [0.4, 0.5) is 0 Å². The molecule has 0 aromatic carbocycles. The van der Waals surface area contributed by atoms with Crippen LogP contribution in [0.5, 0.6) is 0 Å². The second kappa shape index (κ2) is 8.09. The first-order valence-corrected chi connectivity index (χ1v) is 6.01. The lowest BCUT2D eigenvalue weighted by atomic mass is 10.3.